The van der Waals surface area contributed by atoms with Gasteiger partial charge in [0.2, 0.25) is 0 Å². The van der Waals surface area contributed by atoms with E-state index in [9.17, 15) is 9.90 Å². The fourth-order valence-electron chi connectivity index (χ4n) is 9.44. The van der Waals surface area contributed by atoms with Gasteiger partial charge in [-0.1, -0.05) is 38.3 Å². The van der Waals surface area contributed by atoms with Gasteiger partial charge in [0.25, 0.3) is 0 Å². The first kappa shape index (κ1) is 18.4. The van der Waals surface area contributed by atoms with Gasteiger partial charge in [0.15, 0.2) is 0 Å². The number of fused-ring (bicyclic) bond motifs is 7. The number of aliphatic hydroxyl groups excluding tert-OH is 1. The molecule has 0 radical (unpaired) electrons. The van der Waals surface area contributed by atoms with Crippen molar-refractivity contribution >= 4 is 5.78 Å². The van der Waals surface area contributed by atoms with Crippen LogP contribution >= 0.6 is 0 Å². The van der Waals surface area contributed by atoms with Crippen molar-refractivity contribution in [1.82, 2.24) is 0 Å². The highest BCUT2D eigenvalue weighted by atomic mass is 16.3. The fourth-order valence-corrected chi connectivity index (χ4v) is 9.44. The van der Waals surface area contributed by atoms with E-state index in [2.05, 4.69) is 19.9 Å². The zero-order valence-corrected chi connectivity index (χ0v) is 17.6. The molecule has 2 heteroatoms. The van der Waals surface area contributed by atoms with Gasteiger partial charge in [-0.25, -0.2) is 0 Å². The Labute approximate surface area is 165 Å². The van der Waals surface area contributed by atoms with E-state index in [0.717, 1.165) is 43.4 Å². The molecule has 0 aromatic rings. The zero-order valence-electron chi connectivity index (χ0n) is 17.6. The smallest absolute Gasteiger partial charge is 0.136 e. The normalized spacial score (nSPS) is 54.2. The van der Waals surface area contributed by atoms with Crippen molar-refractivity contribution in [2.24, 2.45) is 39.9 Å². The quantitative estimate of drug-likeness (QED) is 0.602. The highest BCUT2D eigenvalue weighted by molar-refractivity contribution is 5.84. The molecule has 0 heterocycles. The van der Waals surface area contributed by atoms with E-state index in [1.165, 1.54) is 44.9 Å². The minimum Gasteiger partial charge on any atom is -0.393 e. The summed E-state index contributed by atoms with van der Waals surface area (Å²) in [6.07, 6.45) is 15.5. The molecule has 0 amide bonds. The lowest BCUT2D eigenvalue weighted by molar-refractivity contribution is -0.147. The third-order valence-electron chi connectivity index (χ3n) is 10.7. The van der Waals surface area contributed by atoms with Crippen molar-refractivity contribution in [3.8, 4) is 0 Å². The van der Waals surface area contributed by atoms with Crippen LogP contribution < -0.4 is 0 Å². The number of aliphatic hydroxyl groups is 1. The molecule has 0 aliphatic heterocycles. The molecule has 8 atom stereocenters. The van der Waals surface area contributed by atoms with E-state index < -0.39 is 0 Å². The molecule has 0 bridgehead atoms. The number of rotatable bonds is 1. The Kier molecular flexibility index (Phi) is 4.05. The molecule has 0 spiro atoms. The first-order valence-electron chi connectivity index (χ1n) is 11.7. The first-order valence-corrected chi connectivity index (χ1v) is 11.7. The molecule has 4 fully saturated rings. The topological polar surface area (TPSA) is 37.3 Å². The van der Waals surface area contributed by atoms with E-state index in [0.29, 0.717) is 17.1 Å². The molecular formula is C25H38O2. The molecule has 0 saturated heterocycles. The number of hydrogen-bond acceptors (Lipinski definition) is 2. The predicted molar refractivity (Wildman–Crippen MR) is 108 cm³/mol. The van der Waals surface area contributed by atoms with Gasteiger partial charge >= 0.3 is 0 Å². The Morgan fingerprint density at radius 3 is 2.67 bits per heavy atom. The Balaban J connectivity index is 1.54. The van der Waals surface area contributed by atoms with Gasteiger partial charge in [0.1, 0.15) is 5.78 Å². The van der Waals surface area contributed by atoms with E-state index in [4.69, 9.17) is 0 Å². The number of hydrogen-bond donors (Lipinski definition) is 1. The van der Waals surface area contributed by atoms with Gasteiger partial charge in [0, 0.05) is 5.41 Å². The summed E-state index contributed by atoms with van der Waals surface area (Å²) in [5.41, 5.74) is 2.07. The van der Waals surface area contributed by atoms with Crippen molar-refractivity contribution in [3.63, 3.8) is 0 Å². The van der Waals surface area contributed by atoms with E-state index >= 15 is 0 Å². The van der Waals surface area contributed by atoms with E-state index in [-0.39, 0.29) is 16.9 Å². The Hall–Kier alpha value is -0.630. The van der Waals surface area contributed by atoms with Crippen molar-refractivity contribution in [1.29, 1.82) is 0 Å². The zero-order chi connectivity index (χ0) is 19.0. The number of carbonyl (C=O) groups excluding carboxylic acids is 1. The monoisotopic (exact) mass is 370 g/mol. The van der Waals surface area contributed by atoms with E-state index in [1.54, 1.807) is 5.57 Å². The van der Waals surface area contributed by atoms with Crippen LogP contribution in [0.25, 0.3) is 0 Å². The largest absolute Gasteiger partial charge is 0.393 e. The SMILES string of the molecule is CC(=O)[C@@]12CCCC[C@@H]1C[C@H]1[C@H]3CC=C4C[C@@H](O)CC[C@]4(C)[C@H]3CC[C@]12C. The summed E-state index contributed by atoms with van der Waals surface area (Å²) >= 11 is 0. The summed E-state index contributed by atoms with van der Waals surface area (Å²) in [7, 11) is 0. The molecule has 0 aromatic carbocycles. The number of allylic oxidation sites excluding steroid dienone is 1. The second kappa shape index (κ2) is 5.94. The molecule has 5 rings (SSSR count). The van der Waals surface area contributed by atoms with Crippen LogP contribution in [0.1, 0.15) is 91.4 Å². The van der Waals surface area contributed by atoms with Gasteiger partial charge in [-0.3, -0.25) is 4.79 Å². The van der Waals surface area contributed by atoms with Crippen molar-refractivity contribution in [2.75, 3.05) is 0 Å². The highest BCUT2D eigenvalue weighted by Crippen LogP contribution is 2.73. The molecule has 0 aromatic heterocycles. The fraction of sp³-hybridized carbons (Fsp3) is 0.880. The Morgan fingerprint density at radius 1 is 1.07 bits per heavy atom. The van der Waals surface area contributed by atoms with Crippen LogP contribution in [0.4, 0.5) is 0 Å². The van der Waals surface area contributed by atoms with Crippen LogP contribution in [-0.2, 0) is 4.79 Å². The average Bonchev–Trinajstić information content (AvgIpc) is 2.92. The Bertz CT molecular complexity index is 680. The summed E-state index contributed by atoms with van der Waals surface area (Å²) in [5, 5.41) is 10.2. The van der Waals surface area contributed by atoms with Gasteiger partial charge < -0.3 is 5.11 Å². The predicted octanol–water partition coefficient (Wildman–Crippen LogP) is 5.69. The minimum absolute atomic E-state index is 0.0193. The van der Waals surface area contributed by atoms with Crippen LogP contribution in [0.3, 0.4) is 0 Å². The molecule has 27 heavy (non-hydrogen) atoms. The number of carbonyl (C=O) groups is 1. The molecule has 4 saturated carbocycles. The second-order valence-corrected chi connectivity index (χ2v) is 11.3. The van der Waals surface area contributed by atoms with Crippen molar-refractivity contribution in [2.45, 2.75) is 97.5 Å². The lowest BCUT2D eigenvalue weighted by atomic mass is 9.44. The number of Topliss-reactive ketones (excluding diaryl/α,β-unsaturated/α-hetero) is 1. The Morgan fingerprint density at radius 2 is 1.89 bits per heavy atom. The lowest BCUT2D eigenvalue weighted by Crippen LogP contribution is -2.55. The van der Waals surface area contributed by atoms with Crippen LogP contribution in [0.5, 0.6) is 0 Å². The van der Waals surface area contributed by atoms with Gasteiger partial charge in [-0.15, -0.1) is 0 Å². The molecule has 0 unspecified atom stereocenters. The maximum absolute atomic E-state index is 13.1. The molecule has 150 valence electrons. The summed E-state index contributed by atoms with van der Waals surface area (Å²) in [4.78, 5) is 13.1. The summed E-state index contributed by atoms with van der Waals surface area (Å²) < 4.78 is 0. The maximum atomic E-state index is 13.1. The lowest BCUT2D eigenvalue weighted by Gasteiger charge is -2.60. The summed E-state index contributed by atoms with van der Waals surface area (Å²) in [6, 6.07) is 0. The third kappa shape index (κ3) is 2.20. The van der Waals surface area contributed by atoms with Crippen LogP contribution in [0.2, 0.25) is 0 Å². The molecule has 5 aliphatic rings. The van der Waals surface area contributed by atoms with Gasteiger partial charge in [-0.2, -0.15) is 0 Å². The highest BCUT2D eigenvalue weighted by Gasteiger charge is 2.68. The number of ketones is 1. The van der Waals surface area contributed by atoms with Crippen LogP contribution in [0, 0.1) is 39.9 Å². The summed E-state index contributed by atoms with van der Waals surface area (Å²) in [5.74, 6) is 3.41. The van der Waals surface area contributed by atoms with Gasteiger partial charge in [-0.05, 0) is 99.2 Å². The minimum atomic E-state index is -0.120. The standard InChI is InChI=1S/C25H38O2/c1-16(26)25-11-5-4-6-18(25)15-22-20-8-7-17-14-19(27)9-12-23(17,2)21(20)10-13-24(22,25)3/h7,18-22,27H,4-6,8-15H2,1-3H3/t18-,19+,20+,21+,22+,23+,24-,25+/m1/s1. The van der Waals surface area contributed by atoms with Crippen LogP contribution in [-0.4, -0.2) is 17.0 Å². The van der Waals surface area contributed by atoms with Crippen LogP contribution in [0.15, 0.2) is 11.6 Å². The van der Waals surface area contributed by atoms with Crippen molar-refractivity contribution < 1.29 is 9.90 Å². The molecule has 2 nitrogen and oxygen atoms in total. The van der Waals surface area contributed by atoms with Gasteiger partial charge in [0.05, 0.1) is 6.10 Å². The molecule has 1 N–H and O–H groups in total. The molecular weight excluding hydrogens is 332 g/mol. The average molecular weight is 371 g/mol. The first-order chi connectivity index (χ1) is 12.8. The van der Waals surface area contributed by atoms with Crippen molar-refractivity contribution in [3.05, 3.63) is 11.6 Å². The van der Waals surface area contributed by atoms with E-state index in [1.807, 2.05) is 6.92 Å². The molecule has 5 aliphatic carbocycles. The second-order valence-electron chi connectivity index (χ2n) is 11.3. The maximum Gasteiger partial charge on any atom is 0.136 e. The third-order valence-corrected chi connectivity index (χ3v) is 10.7. The summed E-state index contributed by atoms with van der Waals surface area (Å²) in [6.45, 7) is 6.94.